The number of hydrogen-bond donors (Lipinski definition) is 0. The summed E-state index contributed by atoms with van der Waals surface area (Å²) in [6, 6.07) is 4.59. The number of halogens is 1. The Morgan fingerprint density at radius 2 is 1.89 bits per heavy atom. The molecule has 0 bridgehead atoms. The van der Waals surface area contributed by atoms with Crippen molar-refractivity contribution in [3.8, 4) is 0 Å². The molecule has 0 fully saturated rings. The number of aromatic nitrogens is 2. The van der Waals surface area contributed by atoms with Crippen molar-refractivity contribution in [3.05, 3.63) is 30.6 Å². The third-order valence-corrected chi connectivity index (χ3v) is 5.43. The van der Waals surface area contributed by atoms with Crippen LogP contribution in [0.15, 0.2) is 35.6 Å². The second-order valence-electron chi connectivity index (χ2n) is 3.58. The van der Waals surface area contributed by atoms with Gasteiger partial charge in [0.25, 0.3) is 0 Å². The second kappa shape index (κ2) is 4.52. The van der Waals surface area contributed by atoms with E-state index in [0.29, 0.717) is 5.65 Å². The summed E-state index contributed by atoms with van der Waals surface area (Å²) in [5.41, 5.74) is 0.477. The fourth-order valence-corrected chi connectivity index (χ4v) is 4.68. The van der Waals surface area contributed by atoms with Crippen LogP contribution in [0.25, 0.3) is 5.65 Å². The zero-order valence-electron chi connectivity index (χ0n) is 9.02. The summed E-state index contributed by atoms with van der Waals surface area (Å²) in [6.07, 6.45) is 2.96. The summed E-state index contributed by atoms with van der Waals surface area (Å²) in [5, 5.41) is -0.00202. The third-order valence-electron chi connectivity index (χ3n) is 2.31. The SMILES string of the molecule is O=S(=O)(Cl)CCS(=O)(=O)c1cccc2nccn12. The molecule has 0 spiro atoms. The van der Waals surface area contributed by atoms with Gasteiger partial charge in [-0.15, -0.1) is 0 Å². The molecule has 0 aliphatic rings. The molecule has 0 saturated heterocycles. The highest BCUT2D eigenvalue weighted by atomic mass is 35.7. The maximum absolute atomic E-state index is 12.0. The number of hydrogen-bond acceptors (Lipinski definition) is 5. The van der Waals surface area contributed by atoms with Crippen LogP contribution in [-0.2, 0) is 18.9 Å². The minimum Gasteiger partial charge on any atom is -0.290 e. The highest BCUT2D eigenvalue weighted by Crippen LogP contribution is 2.14. The minimum absolute atomic E-state index is 0.00202. The number of fused-ring (bicyclic) bond motifs is 1. The lowest BCUT2D eigenvalue weighted by Crippen LogP contribution is -2.16. The number of sulfone groups is 1. The first-order chi connectivity index (χ1) is 8.30. The third kappa shape index (κ3) is 2.82. The lowest BCUT2D eigenvalue weighted by atomic mass is 10.5. The van der Waals surface area contributed by atoms with Gasteiger partial charge < -0.3 is 0 Å². The number of imidazole rings is 1. The standard InChI is InChI=1S/C9H9ClN2O4S2/c10-18(15,16)7-6-17(13,14)9-3-1-2-8-11-4-5-12(8)9/h1-5H,6-7H2. The van der Waals surface area contributed by atoms with Gasteiger partial charge in [-0.1, -0.05) is 6.07 Å². The Hall–Kier alpha value is -1.12. The zero-order valence-corrected chi connectivity index (χ0v) is 11.4. The molecular formula is C9H9ClN2O4S2. The van der Waals surface area contributed by atoms with Crippen molar-refractivity contribution in [2.24, 2.45) is 0 Å². The monoisotopic (exact) mass is 308 g/mol. The maximum atomic E-state index is 12.0. The van der Waals surface area contributed by atoms with Gasteiger partial charge >= 0.3 is 0 Å². The zero-order chi connectivity index (χ0) is 13.4. The number of pyridine rings is 1. The summed E-state index contributed by atoms with van der Waals surface area (Å²) in [4.78, 5) is 3.96. The molecule has 0 atom stereocenters. The van der Waals surface area contributed by atoms with Gasteiger partial charge in [-0.2, -0.15) is 0 Å². The Morgan fingerprint density at radius 3 is 2.56 bits per heavy atom. The van der Waals surface area contributed by atoms with Crippen molar-refractivity contribution in [1.29, 1.82) is 0 Å². The van der Waals surface area contributed by atoms with Gasteiger partial charge in [0.1, 0.15) is 10.7 Å². The van der Waals surface area contributed by atoms with Gasteiger partial charge in [0, 0.05) is 23.1 Å². The number of rotatable bonds is 4. The van der Waals surface area contributed by atoms with E-state index in [1.54, 1.807) is 12.1 Å². The molecule has 0 aromatic carbocycles. The molecule has 18 heavy (non-hydrogen) atoms. The fraction of sp³-hybridized carbons (Fsp3) is 0.222. The predicted octanol–water partition coefficient (Wildman–Crippen LogP) is 0.677. The molecule has 2 aromatic heterocycles. The van der Waals surface area contributed by atoms with Crippen LogP contribution in [0, 0.1) is 0 Å². The summed E-state index contributed by atoms with van der Waals surface area (Å²) < 4.78 is 47.0. The molecule has 0 unspecified atom stereocenters. The van der Waals surface area contributed by atoms with Crippen molar-refractivity contribution in [1.82, 2.24) is 9.38 Å². The number of nitrogens with zero attached hydrogens (tertiary/aromatic N) is 2. The van der Waals surface area contributed by atoms with E-state index < -0.39 is 30.4 Å². The summed E-state index contributed by atoms with van der Waals surface area (Å²) >= 11 is 0. The molecule has 0 N–H and O–H groups in total. The van der Waals surface area contributed by atoms with Gasteiger partial charge in [-0.3, -0.25) is 4.40 Å². The van der Waals surface area contributed by atoms with Crippen molar-refractivity contribution >= 4 is 35.2 Å². The summed E-state index contributed by atoms with van der Waals surface area (Å²) in [5.74, 6) is -1.18. The van der Waals surface area contributed by atoms with Crippen LogP contribution in [0.3, 0.4) is 0 Å². The van der Waals surface area contributed by atoms with Crippen LogP contribution in [-0.4, -0.2) is 37.7 Å². The quantitative estimate of drug-likeness (QED) is 0.775. The molecule has 98 valence electrons. The first kappa shape index (κ1) is 13.3. The molecule has 0 aliphatic carbocycles. The summed E-state index contributed by atoms with van der Waals surface area (Å²) in [7, 11) is -2.56. The smallest absolute Gasteiger partial charge is 0.233 e. The highest BCUT2D eigenvalue weighted by molar-refractivity contribution is 8.14. The molecule has 0 aliphatic heterocycles. The van der Waals surface area contributed by atoms with Crippen molar-refractivity contribution < 1.29 is 16.8 Å². The molecule has 2 rings (SSSR count). The fourth-order valence-electron chi connectivity index (χ4n) is 1.49. The van der Waals surface area contributed by atoms with Gasteiger partial charge in [0.2, 0.25) is 9.05 Å². The lowest BCUT2D eigenvalue weighted by molar-refractivity contribution is 0.588. The Balaban J connectivity index is 2.44. The van der Waals surface area contributed by atoms with Crippen LogP contribution in [0.4, 0.5) is 0 Å². The normalized spacial score (nSPS) is 12.9. The molecule has 9 heteroatoms. The van der Waals surface area contributed by atoms with Crippen molar-refractivity contribution in [2.75, 3.05) is 11.5 Å². The van der Waals surface area contributed by atoms with E-state index in [4.69, 9.17) is 10.7 Å². The largest absolute Gasteiger partial charge is 0.290 e. The topological polar surface area (TPSA) is 85.6 Å². The first-order valence-corrected chi connectivity index (χ1v) is 9.00. The Labute approximate surface area is 109 Å². The lowest BCUT2D eigenvalue weighted by Gasteiger charge is -2.05. The van der Waals surface area contributed by atoms with E-state index in [1.165, 1.54) is 22.9 Å². The van der Waals surface area contributed by atoms with Crippen molar-refractivity contribution in [2.45, 2.75) is 5.03 Å². The molecule has 6 nitrogen and oxygen atoms in total. The first-order valence-electron chi connectivity index (χ1n) is 4.87. The Kier molecular flexibility index (Phi) is 3.35. The van der Waals surface area contributed by atoms with E-state index in [-0.39, 0.29) is 5.03 Å². The minimum atomic E-state index is -3.84. The average Bonchev–Trinajstić information content (AvgIpc) is 2.73. The van der Waals surface area contributed by atoms with Gasteiger partial charge in [-0.05, 0) is 12.1 Å². The molecule has 0 saturated carbocycles. The maximum Gasteiger partial charge on any atom is 0.233 e. The molecule has 0 radical (unpaired) electrons. The van der Waals surface area contributed by atoms with Crippen molar-refractivity contribution in [3.63, 3.8) is 0 Å². The second-order valence-corrected chi connectivity index (χ2v) is 8.53. The molecular weight excluding hydrogens is 300 g/mol. The van der Waals surface area contributed by atoms with E-state index >= 15 is 0 Å². The summed E-state index contributed by atoms with van der Waals surface area (Å²) in [6.45, 7) is 0. The predicted molar refractivity (Wildman–Crippen MR) is 66.9 cm³/mol. The Morgan fingerprint density at radius 1 is 1.17 bits per heavy atom. The van der Waals surface area contributed by atoms with E-state index in [9.17, 15) is 16.8 Å². The van der Waals surface area contributed by atoms with Gasteiger partial charge in [0.05, 0.1) is 11.5 Å². The highest BCUT2D eigenvalue weighted by Gasteiger charge is 2.20. The van der Waals surface area contributed by atoms with E-state index in [0.717, 1.165) is 0 Å². The van der Waals surface area contributed by atoms with Gasteiger partial charge in [-0.25, -0.2) is 21.8 Å². The van der Waals surface area contributed by atoms with Crippen LogP contribution >= 0.6 is 10.7 Å². The Bertz CT molecular complexity index is 780. The van der Waals surface area contributed by atoms with Crippen LogP contribution in [0.1, 0.15) is 0 Å². The van der Waals surface area contributed by atoms with Crippen LogP contribution in [0.2, 0.25) is 0 Å². The average molecular weight is 309 g/mol. The molecule has 0 amide bonds. The van der Waals surface area contributed by atoms with Crippen LogP contribution in [0.5, 0.6) is 0 Å². The van der Waals surface area contributed by atoms with E-state index in [2.05, 4.69) is 4.98 Å². The van der Waals surface area contributed by atoms with Crippen LogP contribution < -0.4 is 0 Å². The molecule has 2 heterocycles. The van der Waals surface area contributed by atoms with E-state index in [1.807, 2.05) is 0 Å². The molecule has 2 aromatic rings. The van der Waals surface area contributed by atoms with Gasteiger partial charge in [0.15, 0.2) is 9.84 Å².